The monoisotopic (exact) mass is 638 g/mol. The normalized spacial score (nSPS) is 19.3. The number of carbonyl (C=O) groups is 1. The van der Waals surface area contributed by atoms with Crippen molar-refractivity contribution < 1.29 is 24.9 Å². The second kappa shape index (κ2) is 14.6. The van der Waals surface area contributed by atoms with Gasteiger partial charge in [-0.3, -0.25) is 9.55 Å². The molecule has 0 radical (unpaired) electrons. The lowest BCUT2D eigenvalue weighted by Gasteiger charge is -2.20. The summed E-state index contributed by atoms with van der Waals surface area (Å²) in [6, 6.07) is 25.7. The van der Waals surface area contributed by atoms with Crippen molar-refractivity contribution in [2.75, 3.05) is 32.1 Å². The number of benzene rings is 2. The van der Waals surface area contributed by atoms with Crippen molar-refractivity contribution >= 4 is 23.0 Å². The molecule has 0 spiro atoms. The third-order valence-corrected chi connectivity index (χ3v) is 8.31. The zero-order chi connectivity index (χ0) is 32.8. The van der Waals surface area contributed by atoms with Gasteiger partial charge in [-0.2, -0.15) is 0 Å². The highest BCUT2D eigenvalue weighted by Gasteiger charge is 2.44. The number of urea groups is 1. The molecule has 3 aromatic heterocycles. The third kappa shape index (κ3) is 7.23. The van der Waals surface area contributed by atoms with E-state index in [2.05, 4.69) is 49.9 Å². The van der Waals surface area contributed by atoms with Crippen molar-refractivity contribution in [3.05, 3.63) is 114 Å². The van der Waals surface area contributed by atoms with Crippen molar-refractivity contribution in [3.8, 4) is 0 Å². The molecule has 0 bridgehead atoms. The van der Waals surface area contributed by atoms with E-state index in [1.165, 1.54) is 10.9 Å². The number of hydrogen-bond acceptors (Lipinski definition) is 10. The second-order valence-electron chi connectivity index (χ2n) is 11.4. The average molecular weight is 639 g/mol. The average Bonchev–Trinajstić information content (AvgIpc) is 3.67. The van der Waals surface area contributed by atoms with Crippen LogP contribution in [0.25, 0.3) is 11.2 Å². The molecule has 244 valence electrons. The smallest absolute Gasteiger partial charge is 0.317 e. The van der Waals surface area contributed by atoms with Crippen LogP contribution in [0.15, 0.2) is 91.4 Å². The van der Waals surface area contributed by atoms with E-state index in [9.17, 15) is 20.1 Å². The molecular formula is C34H38N8O5. The fraction of sp³-hybridized carbons (Fsp3) is 0.324. The van der Waals surface area contributed by atoms with Crippen molar-refractivity contribution in [1.29, 1.82) is 0 Å². The maximum atomic E-state index is 13.0. The number of ether oxygens (including phenoxy) is 1. The number of likely N-dealkylation sites (N-methyl/N-ethyl adjacent to an activating group) is 1. The highest BCUT2D eigenvalue weighted by molar-refractivity contribution is 5.83. The zero-order valence-corrected chi connectivity index (χ0v) is 25.9. The number of imidazole rings is 1. The van der Waals surface area contributed by atoms with Gasteiger partial charge in [-0.1, -0.05) is 66.7 Å². The largest absolute Gasteiger partial charge is 0.394 e. The number of hydrogen-bond donors (Lipinski definition) is 5. The van der Waals surface area contributed by atoms with Crippen LogP contribution in [0, 0.1) is 0 Å². The molecule has 1 aliphatic heterocycles. The highest BCUT2D eigenvalue weighted by Crippen LogP contribution is 2.33. The Morgan fingerprint density at radius 1 is 0.957 bits per heavy atom. The van der Waals surface area contributed by atoms with Crippen LogP contribution < -0.4 is 10.6 Å². The van der Waals surface area contributed by atoms with E-state index in [-0.39, 0.29) is 18.5 Å². The summed E-state index contributed by atoms with van der Waals surface area (Å²) >= 11 is 0. The maximum absolute atomic E-state index is 13.0. The predicted molar refractivity (Wildman–Crippen MR) is 174 cm³/mol. The fourth-order valence-electron chi connectivity index (χ4n) is 5.68. The molecule has 47 heavy (non-hydrogen) atoms. The van der Waals surface area contributed by atoms with E-state index in [4.69, 9.17) is 9.72 Å². The molecule has 4 heterocycles. The van der Waals surface area contributed by atoms with Crippen molar-refractivity contribution in [3.63, 3.8) is 0 Å². The molecule has 6 rings (SSSR count). The summed E-state index contributed by atoms with van der Waals surface area (Å²) in [6.07, 6.45) is -0.839. The number of fused-ring (bicyclic) bond motifs is 1. The second-order valence-corrected chi connectivity index (χ2v) is 11.4. The van der Waals surface area contributed by atoms with Gasteiger partial charge in [-0.05, 0) is 23.3 Å². The molecule has 0 aliphatic carbocycles. The van der Waals surface area contributed by atoms with Crippen LogP contribution in [0.1, 0.15) is 34.8 Å². The predicted octanol–water partition coefficient (Wildman–Crippen LogP) is 2.46. The number of rotatable bonds is 12. The molecule has 0 saturated carbocycles. The van der Waals surface area contributed by atoms with E-state index in [1.54, 1.807) is 18.1 Å². The number of aliphatic hydroxyl groups excluding tert-OH is 3. The Balaban J connectivity index is 1.27. The molecule has 1 saturated heterocycles. The first-order valence-electron chi connectivity index (χ1n) is 15.5. The number of anilines is 1. The first kappa shape index (κ1) is 32.0. The van der Waals surface area contributed by atoms with E-state index >= 15 is 0 Å². The zero-order valence-electron chi connectivity index (χ0n) is 25.9. The standard InChI is InChI=1S/C34H38N8O5/c1-41(17-15-24-14-8-9-16-35-24)34(46)37-19-27-39-31(36-18-25(22-10-4-2-5-11-22)23-12-6-3-7-13-23)28-32(40-27)42(21-38-28)33-30(45)29(44)26(20-43)47-33/h2-14,16,21,25-26,29-30,33,43-45H,15,17-20H2,1H3,(H,37,46)(H,36,39,40). The number of pyridine rings is 1. The van der Waals surface area contributed by atoms with Gasteiger partial charge in [-0.15, -0.1) is 0 Å². The van der Waals surface area contributed by atoms with E-state index in [0.29, 0.717) is 42.3 Å². The number of nitrogens with one attached hydrogen (secondary N) is 2. The number of carbonyl (C=O) groups excluding carboxylic acids is 1. The van der Waals surface area contributed by atoms with Crippen molar-refractivity contribution in [1.82, 2.24) is 34.7 Å². The molecule has 4 atom stereocenters. The molecule has 13 heteroatoms. The van der Waals surface area contributed by atoms with Gasteiger partial charge in [0.25, 0.3) is 0 Å². The Kier molecular flexibility index (Phi) is 9.97. The van der Waals surface area contributed by atoms with Gasteiger partial charge in [0.1, 0.15) is 18.3 Å². The Morgan fingerprint density at radius 2 is 1.66 bits per heavy atom. The minimum Gasteiger partial charge on any atom is -0.394 e. The number of nitrogens with zero attached hydrogens (tertiary/aromatic N) is 6. The van der Waals surface area contributed by atoms with Gasteiger partial charge in [0.2, 0.25) is 0 Å². The highest BCUT2D eigenvalue weighted by atomic mass is 16.6. The van der Waals surface area contributed by atoms with Crippen LogP contribution in [-0.2, 0) is 17.7 Å². The van der Waals surface area contributed by atoms with Crippen LogP contribution in [0.3, 0.4) is 0 Å². The molecule has 2 amide bonds. The molecule has 2 aromatic carbocycles. The molecule has 4 unspecified atom stereocenters. The maximum Gasteiger partial charge on any atom is 0.317 e. The number of aromatic nitrogens is 5. The van der Waals surface area contributed by atoms with Crippen molar-refractivity contribution in [2.45, 2.75) is 43.4 Å². The SMILES string of the molecule is CN(CCc1ccccn1)C(=O)NCc1nc(NCC(c2ccccc2)c2ccccc2)c2ncn(C3OC(CO)C(O)C3O)c2n1. The van der Waals surface area contributed by atoms with Crippen LogP contribution >= 0.6 is 0 Å². The lowest BCUT2D eigenvalue weighted by Crippen LogP contribution is -2.38. The van der Waals surface area contributed by atoms with Crippen LogP contribution in [-0.4, -0.2) is 95.8 Å². The van der Waals surface area contributed by atoms with Gasteiger partial charge < -0.3 is 35.6 Å². The van der Waals surface area contributed by atoms with E-state index in [1.807, 2.05) is 54.6 Å². The minimum absolute atomic E-state index is 0.0131. The van der Waals surface area contributed by atoms with E-state index in [0.717, 1.165) is 16.8 Å². The van der Waals surface area contributed by atoms with Gasteiger partial charge >= 0.3 is 6.03 Å². The van der Waals surface area contributed by atoms with Crippen molar-refractivity contribution in [2.24, 2.45) is 0 Å². The lowest BCUT2D eigenvalue weighted by atomic mass is 9.91. The molecular weight excluding hydrogens is 600 g/mol. The minimum atomic E-state index is -1.33. The summed E-state index contributed by atoms with van der Waals surface area (Å²) in [6.45, 7) is 0.491. The van der Waals surface area contributed by atoms with E-state index < -0.39 is 31.1 Å². The topological polar surface area (TPSA) is 171 Å². The van der Waals surface area contributed by atoms with Gasteiger partial charge in [0.05, 0.1) is 19.5 Å². The summed E-state index contributed by atoms with van der Waals surface area (Å²) in [5, 5.41) is 37.2. The van der Waals surface area contributed by atoms with Gasteiger partial charge in [-0.25, -0.2) is 19.7 Å². The van der Waals surface area contributed by atoms with Crippen LogP contribution in [0.4, 0.5) is 10.6 Å². The lowest BCUT2D eigenvalue weighted by molar-refractivity contribution is -0.0511. The molecule has 1 aliphatic rings. The Hall–Kier alpha value is -4.95. The quantitative estimate of drug-likeness (QED) is 0.137. The summed E-state index contributed by atoms with van der Waals surface area (Å²) in [5.74, 6) is 0.724. The summed E-state index contributed by atoms with van der Waals surface area (Å²) in [7, 11) is 1.71. The summed E-state index contributed by atoms with van der Waals surface area (Å²) in [5.41, 5.74) is 3.88. The Labute approximate surface area is 271 Å². The number of amides is 2. The van der Waals surface area contributed by atoms with Crippen LogP contribution in [0.2, 0.25) is 0 Å². The summed E-state index contributed by atoms with van der Waals surface area (Å²) < 4.78 is 7.30. The molecule has 1 fully saturated rings. The molecule has 5 aromatic rings. The molecule has 13 nitrogen and oxygen atoms in total. The Morgan fingerprint density at radius 3 is 2.30 bits per heavy atom. The first-order chi connectivity index (χ1) is 22.9. The third-order valence-electron chi connectivity index (χ3n) is 8.31. The first-order valence-corrected chi connectivity index (χ1v) is 15.5. The Bertz CT molecular complexity index is 1720. The van der Waals surface area contributed by atoms with Crippen LogP contribution in [0.5, 0.6) is 0 Å². The summed E-state index contributed by atoms with van der Waals surface area (Å²) in [4.78, 5) is 32.9. The fourth-order valence-corrected chi connectivity index (χ4v) is 5.68. The molecule has 5 N–H and O–H groups in total. The van der Waals surface area contributed by atoms with Gasteiger partial charge in [0.15, 0.2) is 29.0 Å². The van der Waals surface area contributed by atoms with Gasteiger partial charge in [0, 0.05) is 44.4 Å². The number of aliphatic hydroxyl groups is 3.